The highest BCUT2D eigenvalue weighted by atomic mass is 16.7. The molecule has 3 heterocycles. The van der Waals surface area contributed by atoms with Gasteiger partial charge in [-0.3, -0.25) is 14.3 Å². The molecule has 0 radical (unpaired) electrons. The number of hydrogen-bond acceptors (Lipinski definition) is 6. The average Bonchev–Trinajstić information content (AvgIpc) is 3.09. The van der Waals surface area contributed by atoms with Crippen LogP contribution < -0.4 is 15.0 Å². The number of rotatable bonds is 2. The molecule has 4 rings (SSSR count). The van der Waals surface area contributed by atoms with Crippen molar-refractivity contribution in [3.63, 3.8) is 0 Å². The summed E-state index contributed by atoms with van der Waals surface area (Å²) in [4.78, 5) is 29.6. The molecule has 0 saturated carbocycles. The molecule has 1 aliphatic rings. The molecular weight excluding hydrogens is 336 g/mol. The lowest BCUT2D eigenvalue weighted by molar-refractivity contribution is 0.0601. The number of nitrogens with zero attached hydrogens (tertiary/aromatic N) is 2. The van der Waals surface area contributed by atoms with Crippen LogP contribution in [0.15, 0.2) is 35.3 Å². The zero-order valence-electron chi connectivity index (χ0n) is 14.5. The Morgan fingerprint density at radius 1 is 1.15 bits per heavy atom. The zero-order valence-corrected chi connectivity index (χ0v) is 14.5. The maximum Gasteiger partial charge on any atom is 0.340 e. The van der Waals surface area contributed by atoms with E-state index >= 15 is 0 Å². The van der Waals surface area contributed by atoms with Crippen LogP contribution in [0.3, 0.4) is 0 Å². The summed E-state index contributed by atoms with van der Waals surface area (Å²) in [5, 5.41) is 0.917. The SMILES string of the molecule is COC(=O)c1c(C)nc(C)c2c(=O)n(-c3ccc4c(c3)OCO4)ccc12. The van der Waals surface area contributed by atoms with Crippen molar-refractivity contribution in [3.8, 4) is 17.2 Å². The third kappa shape index (κ3) is 2.32. The Bertz CT molecular complexity index is 1120. The minimum absolute atomic E-state index is 0.163. The summed E-state index contributed by atoms with van der Waals surface area (Å²) in [6.45, 7) is 3.64. The molecule has 1 aromatic carbocycles. The Labute approximate surface area is 148 Å². The molecule has 1 aliphatic heterocycles. The molecule has 7 nitrogen and oxygen atoms in total. The van der Waals surface area contributed by atoms with Crippen LogP contribution in [0.4, 0.5) is 0 Å². The van der Waals surface area contributed by atoms with E-state index < -0.39 is 5.97 Å². The van der Waals surface area contributed by atoms with Crippen LogP contribution in [-0.2, 0) is 4.74 Å². The first-order valence-corrected chi connectivity index (χ1v) is 8.02. The average molecular weight is 352 g/mol. The zero-order chi connectivity index (χ0) is 18.4. The van der Waals surface area contributed by atoms with E-state index in [1.165, 1.54) is 11.7 Å². The molecule has 3 aromatic rings. The highest BCUT2D eigenvalue weighted by Crippen LogP contribution is 2.33. The van der Waals surface area contributed by atoms with Crippen LogP contribution >= 0.6 is 0 Å². The molecule has 132 valence electrons. The number of carbonyl (C=O) groups excluding carboxylic acids is 1. The minimum atomic E-state index is -0.514. The van der Waals surface area contributed by atoms with Crippen LogP contribution in [0, 0.1) is 13.8 Å². The molecule has 0 spiro atoms. The second-order valence-corrected chi connectivity index (χ2v) is 5.97. The van der Waals surface area contributed by atoms with Crippen molar-refractivity contribution in [2.75, 3.05) is 13.9 Å². The first kappa shape index (κ1) is 16.1. The molecular formula is C19H16N2O5. The van der Waals surface area contributed by atoms with E-state index in [0.29, 0.717) is 44.9 Å². The quantitative estimate of drug-likeness (QED) is 0.660. The summed E-state index contributed by atoms with van der Waals surface area (Å²) in [7, 11) is 1.31. The van der Waals surface area contributed by atoms with E-state index in [2.05, 4.69) is 4.98 Å². The second kappa shape index (κ2) is 5.87. The third-order valence-corrected chi connectivity index (χ3v) is 4.44. The van der Waals surface area contributed by atoms with Gasteiger partial charge in [0.15, 0.2) is 11.5 Å². The number of esters is 1. The van der Waals surface area contributed by atoms with Crippen molar-refractivity contribution in [1.82, 2.24) is 9.55 Å². The fourth-order valence-corrected chi connectivity index (χ4v) is 3.25. The number of fused-ring (bicyclic) bond motifs is 2. The van der Waals surface area contributed by atoms with Crippen molar-refractivity contribution >= 4 is 16.7 Å². The van der Waals surface area contributed by atoms with Crippen LogP contribution in [0.1, 0.15) is 21.7 Å². The lowest BCUT2D eigenvalue weighted by Crippen LogP contribution is -2.20. The number of methoxy groups -OCH3 is 1. The highest BCUT2D eigenvalue weighted by Gasteiger charge is 2.20. The highest BCUT2D eigenvalue weighted by molar-refractivity contribution is 6.05. The van der Waals surface area contributed by atoms with Crippen molar-refractivity contribution < 1.29 is 19.0 Å². The van der Waals surface area contributed by atoms with E-state index in [4.69, 9.17) is 14.2 Å². The van der Waals surface area contributed by atoms with Gasteiger partial charge in [0.1, 0.15) is 0 Å². The van der Waals surface area contributed by atoms with Gasteiger partial charge in [-0.2, -0.15) is 0 Å². The molecule has 0 N–H and O–H groups in total. The van der Waals surface area contributed by atoms with Gasteiger partial charge in [-0.25, -0.2) is 4.79 Å². The maximum atomic E-state index is 13.1. The Morgan fingerprint density at radius 3 is 2.69 bits per heavy atom. The summed E-state index contributed by atoms with van der Waals surface area (Å²) in [6, 6.07) is 7.01. The second-order valence-electron chi connectivity index (χ2n) is 5.97. The van der Waals surface area contributed by atoms with Gasteiger partial charge in [-0.15, -0.1) is 0 Å². The third-order valence-electron chi connectivity index (χ3n) is 4.44. The molecule has 0 atom stereocenters. The van der Waals surface area contributed by atoms with Crippen LogP contribution in [-0.4, -0.2) is 29.4 Å². The van der Waals surface area contributed by atoms with Crippen molar-refractivity contribution in [1.29, 1.82) is 0 Å². The van der Waals surface area contributed by atoms with Gasteiger partial charge in [-0.1, -0.05) is 0 Å². The van der Waals surface area contributed by atoms with E-state index in [1.54, 1.807) is 44.3 Å². The normalized spacial score (nSPS) is 12.4. The monoisotopic (exact) mass is 352 g/mol. The smallest absolute Gasteiger partial charge is 0.340 e. The number of benzene rings is 1. The van der Waals surface area contributed by atoms with Gasteiger partial charge in [0, 0.05) is 17.6 Å². The molecule has 0 unspecified atom stereocenters. The fraction of sp³-hybridized carbons (Fsp3) is 0.211. The van der Waals surface area contributed by atoms with Crippen molar-refractivity contribution in [2.45, 2.75) is 13.8 Å². The van der Waals surface area contributed by atoms with Gasteiger partial charge in [-0.05, 0) is 32.0 Å². The van der Waals surface area contributed by atoms with Gasteiger partial charge in [0.25, 0.3) is 5.56 Å². The Kier molecular flexibility index (Phi) is 3.64. The first-order valence-electron chi connectivity index (χ1n) is 8.02. The van der Waals surface area contributed by atoms with Crippen molar-refractivity contribution in [3.05, 3.63) is 57.8 Å². The largest absolute Gasteiger partial charge is 0.465 e. The van der Waals surface area contributed by atoms with Crippen LogP contribution in [0.2, 0.25) is 0 Å². The Hall–Kier alpha value is -3.35. The van der Waals surface area contributed by atoms with Crippen LogP contribution in [0.25, 0.3) is 16.5 Å². The van der Waals surface area contributed by atoms with Gasteiger partial charge < -0.3 is 14.2 Å². The maximum absolute atomic E-state index is 13.1. The minimum Gasteiger partial charge on any atom is -0.465 e. The number of hydrogen-bond donors (Lipinski definition) is 0. The van der Waals surface area contributed by atoms with E-state index in [0.717, 1.165) is 0 Å². The molecule has 0 aliphatic carbocycles. The predicted octanol–water partition coefficient (Wildman–Crippen LogP) is 2.52. The van der Waals surface area contributed by atoms with E-state index in [1.807, 2.05) is 0 Å². The Balaban J connectivity index is 1.99. The standard InChI is InChI=1S/C19H16N2O5/c1-10-16-13(17(11(2)20-10)19(23)24-3)6-7-21(18(16)22)12-4-5-14-15(8-12)26-9-25-14/h4-8H,9H2,1-3H3. The fourth-order valence-electron chi connectivity index (χ4n) is 3.25. The summed E-state index contributed by atoms with van der Waals surface area (Å²) in [6.07, 6.45) is 1.63. The van der Waals surface area contributed by atoms with Gasteiger partial charge in [0.05, 0.1) is 35.1 Å². The Morgan fingerprint density at radius 2 is 1.92 bits per heavy atom. The summed E-state index contributed by atoms with van der Waals surface area (Å²) < 4.78 is 17.0. The lowest BCUT2D eigenvalue weighted by atomic mass is 10.0. The predicted molar refractivity (Wildman–Crippen MR) is 94.3 cm³/mol. The molecule has 26 heavy (non-hydrogen) atoms. The molecule has 7 heteroatoms. The van der Waals surface area contributed by atoms with Gasteiger partial charge in [0.2, 0.25) is 6.79 Å². The molecule has 2 aromatic heterocycles. The topological polar surface area (TPSA) is 79.7 Å². The number of ether oxygens (including phenoxy) is 3. The summed E-state index contributed by atoms with van der Waals surface area (Å²) >= 11 is 0. The molecule has 0 bridgehead atoms. The van der Waals surface area contributed by atoms with Crippen LogP contribution in [0.5, 0.6) is 11.5 Å². The van der Waals surface area contributed by atoms with Crippen molar-refractivity contribution in [2.24, 2.45) is 0 Å². The molecule has 0 amide bonds. The number of carbonyl (C=O) groups is 1. The van der Waals surface area contributed by atoms with Gasteiger partial charge >= 0.3 is 5.97 Å². The number of aryl methyl sites for hydroxylation is 2. The molecule has 0 saturated heterocycles. The first-order chi connectivity index (χ1) is 12.5. The summed E-state index contributed by atoms with van der Waals surface area (Å²) in [5.41, 5.74) is 1.77. The van der Waals surface area contributed by atoms with E-state index in [9.17, 15) is 9.59 Å². The number of pyridine rings is 2. The lowest BCUT2D eigenvalue weighted by Gasteiger charge is -2.13. The number of aromatic nitrogens is 2. The summed E-state index contributed by atoms with van der Waals surface area (Å²) in [5.74, 6) is 0.716. The van der Waals surface area contributed by atoms with E-state index in [-0.39, 0.29) is 12.4 Å². The molecule has 0 fully saturated rings.